The van der Waals surface area contributed by atoms with E-state index in [0.717, 1.165) is 43.5 Å². The van der Waals surface area contributed by atoms with Gasteiger partial charge in [0.25, 0.3) is 0 Å². The van der Waals surface area contributed by atoms with Gasteiger partial charge in [0.05, 0.1) is 6.10 Å². The summed E-state index contributed by atoms with van der Waals surface area (Å²) in [6.45, 7) is 4.72. The number of benzene rings is 1. The van der Waals surface area contributed by atoms with Crippen molar-refractivity contribution in [2.75, 3.05) is 19.6 Å². The molecule has 0 saturated carbocycles. The van der Waals surface area contributed by atoms with Gasteiger partial charge in [0.15, 0.2) is 0 Å². The number of aromatic nitrogens is 2. The van der Waals surface area contributed by atoms with Gasteiger partial charge in [0.1, 0.15) is 6.33 Å². The summed E-state index contributed by atoms with van der Waals surface area (Å²) in [5.74, 6) is 0.0893. The van der Waals surface area contributed by atoms with Gasteiger partial charge in [0.2, 0.25) is 5.91 Å². The van der Waals surface area contributed by atoms with Crippen LogP contribution in [0.3, 0.4) is 0 Å². The lowest BCUT2D eigenvalue weighted by atomic mass is 10.1. The smallest absolute Gasteiger partial charge is 0.219 e. The van der Waals surface area contributed by atoms with Crippen molar-refractivity contribution in [2.45, 2.75) is 51.3 Å². The van der Waals surface area contributed by atoms with Crippen LogP contribution in [-0.2, 0) is 17.8 Å². The molecule has 1 aliphatic heterocycles. The number of rotatable bonds is 7. The van der Waals surface area contributed by atoms with Crippen LogP contribution in [0.2, 0.25) is 0 Å². The molecule has 150 valence electrons. The molecule has 6 heteroatoms. The van der Waals surface area contributed by atoms with E-state index >= 15 is 0 Å². The molecule has 1 N–H and O–H groups in total. The molecular formula is C22H30N4O2. The first kappa shape index (κ1) is 20.4. The minimum Gasteiger partial charge on any atom is -0.391 e. The first-order valence-electron chi connectivity index (χ1n) is 10.1. The number of hydrogen-bond donors (Lipinski definition) is 1. The topological polar surface area (TPSA) is 69.6 Å². The minimum atomic E-state index is -0.371. The van der Waals surface area contributed by atoms with Gasteiger partial charge in [-0.05, 0) is 37.8 Å². The van der Waals surface area contributed by atoms with Crippen molar-refractivity contribution in [3.05, 3.63) is 60.2 Å². The van der Waals surface area contributed by atoms with Gasteiger partial charge in [-0.1, -0.05) is 30.3 Å². The van der Waals surface area contributed by atoms with E-state index < -0.39 is 0 Å². The second-order valence-corrected chi connectivity index (χ2v) is 7.62. The number of carbonyl (C=O) groups excluding carboxylic acids is 1. The first-order chi connectivity index (χ1) is 13.6. The number of likely N-dealkylation sites (tertiary alicyclic amines) is 1. The van der Waals surface area contributed by atoms with Crippen LogP contribution in [0.1, 0.15) is 37.3 Å². The van der Waals surface area contributed by atoms with Crippen molar-refractivity contribution < 1.29 is 9.90 Å². The molecule has 1 aliphatic rings. The van der Waals surface area contributed by atoms with Crippen LogP contribution < -0.4 is 0 Å². The van der Waals surface area contributed by atoms with Crippen LogP contribution in [0.5, 0.6) is 0 Å². The molecule has 0 radical (unpaired) electrons. The Kier molecular flexibility index (Phi) is 7.51. The highest BCUT2D eigenvalue weighted by Gasteiger charge is 2.25. The predicted molar refractivity (Wildman–Crippen MR) is 108 cm³/mol. The van der Waals surface area contributed by atoms with Gasteiger partial charge in [-0.3, -0.25) is 4.79 Å². The molecule has 2 atom stereocenters. The summed E-state index contributed by atoms with van der Waals surface area (Å²) in [7, 11) is 0. The molecule has 2 aromatic rings. The second-order valence-electron chi connectivity index (χ2n) is 7.62. The molecule has 1 aromatic carbocycles. The third-order valence-corrected chi connectivity index (χ3v) is 5.39. The monoisotopic (exact) mass is 382 g/mol. The Labute approximate surface area is 167 Å². The molecule has 1 fully saturated rings. The number of carbonyl (C=O) groups is 1. The average Bonchev–Trinajstić information content (AvgIpc) is 2.93. The van der Waals surface area contributed by atoms with Crippen molar-refractivity contribution >= 4 is 5.91 Å². The van der Waals surface area contributed by atoms with Gasteiger partial charge in [-0.25, -0.2) is 9.97 Å². The Hall–Kier alpha value is -2.31. The van der Waals surface area contributed by atoms with Crippen molar-refractivity contribution in [3.8, 4) is 0 Å². The zero-order chi connectivity index (χ0) is 19.8. The number of hydrogen-bond acceptors (Lipinski definition) is 5. The van der Waals surface area contributed by atoms with Gasteiger partial charge in [-0.2, -0.15) is 0 Å². The summed E-state index contributed by atoms with van der Waals surface area (Å²) < 4.78 is 0. The Morgan fingerprint density at radius 2 is 1.93 bits per heavy atom. The molecule has 28 heavy (non-hydrogen) atoms. The molecule has 1 amide bonds. The number of nitrogens with zero attached hydrogens (tertiary/aromatic N) is 4. The molecule has 0 bridgehead atoms. The van der Waals surface area contributed by atoms with E-state index in [1.165, 1.54) is 6.33 Å². The van der Waals surface area contributed by atoms with Crippen molar-refractivity contribution in [2.24, 2.45) is 0 Å². The summed E-state index contributed by atoms with van der Waals surface area (Å²) in [6, 6.07) is 10.3. The molecule has 0 aliphatic carbocycles. The Bertz CT molecular complexity index is 726. The Morgan fingerprint density at radius 3 is 2.64 bits per heavy atom. The molecule has 0 unspecified atom stereocenters. The maximum Gasteiger partial charge on any atom is 0.219 e. The standard InChI is InChI=1S/C22H30N4O2/c1-18(27)26(15-20-13-23-17-24-14-20)21-8-5-10-25(11-9-21)16-22(28)12-19-6-3-2-4-7-19/h2-4,6-7,13-14,17,21-22,28H,5,8-12,15-16H2,1H3/t21-,22+/m0/s1. The zero-order valence-corrected chi connectivity index (χ0v) is 16.6. The number of aliphatic hydroxyl groups excluding tert-OH is 1. The van der Waals surface area contributed by atoms with E-state index in [1.807, 2.05) is 23.1 Å². The van der Waals surface area contributed by atoms with E-state index in [9.17, 15) is 9.90 Å². The fourth-order valence-corrected chi connectivity index (χ4v) is 3.99. The van der Waals surface area contributed by atoms with Crippen molar-refractivity contribution in [1.82, 2.24) is 19.8 Å². The zero-order valence-electron chi connectivity index (χ0n) is 16.6. The average molecular weight is 383 g/mol. The predicted octanol–water partition coefficient (Wildman–Crippen LogP) is 2.28. The summed E-state index contributed by atoms with van der Waals surface area (Å²) in [4.78, 5) is 24.6. The van der Waals surface area contributed by atoms with Crippen LogP contribution >= 0.6 is 0 Å². The summed E-state index contributed by atoms with van der Waals surface area (Å²) in [6.07, 6.45) is 8.28. The third-order valence-electron chi connectivity index (χ3n) is 5.39. The highest BCUT2D eigenvalue weighted by molar-refractivity contribution is 5.73. The summed E-state index contributed by atoms with van der Waals surface area (Å²) in [5.41, 5.74) is 2.12. The van der Waals surface area contributed by atoms with Crippen LogP contribution in [0.25, 0.3) is 0 Å². The van der Waals surface area contributed by atoms with Crippen LogP contribution in [0.15, 0.2) is 49.1 Å². The van der Waals surface area contributed by atoms with Gasteiger partial charge in [0, 0.05) is 50.6 Å². The van der Waals surface area contributed by atoms with E-state index in [1.54, 1.807) is 19.3 Å². The van der Waals surface area contributed by atoms with Gasteiger partial charge < -0.3 is 14.9 Å². The molecular weight excluding hydrogens is 352 g/mol. The molecule has 6 nitrogen and oxygen atoms in total. The molecule has 1 saturated heterocycles. The lowest BCUT2D eigenvalue weighted by Crippen LogP contribution is -2.39. The first-order valence-corrected chi connectivity index (χ1v) is 10.1. The van der Waals surface area contributed by atoms with Gasteiger partial charge in [-0.15, -0.1) is 0 Å². The van der Waals surface area contributed by atoms with Crippen molar-refractivity contribution in [1.29, 1.82) is 0 Å². The third kappa shape index (κ3) is 6.11. The number of aliphatic hydroxyl groups is 1. The second kappa shape index (κ2) is 10.3. The van der Waals surface area contributed by atoms with Crippen LogP contribution in [-0.4, -0.2) is 62.6 Å². The number of β-amino-alcohol motifs (C(OH)–C–C–N with tert-alkyl or cyclic N) is 1. The summed E-state index contributed by atoms with van der Waals surface area (Å²) >= 11 is 0. The summed E-state index contributed by atoms with van der Waals surface area (Å²) in [5, 5.41) is 10.5. The maximum absolute atomic E-state index is 12.3. The van der Waals surface area contributed by atoms with E-state index in [-0.39, 0.29) is 18.1 Å². The lowest BCUT2D eigenvalue weighted by Gasteiger charge is -2.30. The fraction of sp³-hybridized carbons (Fsp3) is 0.500. The van der Waals surface area contributed by atoms with E-state index in [2.05, 4.69) is 27.0 Å². The highest BCUT2D eigenvalue weighted by Crippen LogP contribution is 2.20. The normalized spacial score (nSPS) is 19.0. The van der Waals surface area contributed by atoms with E-state index in [0.29, 0.717) is 19.5 Å². The Balaban J connectivity index is 1.53. The minimum absolute atomic E-state index is 0.0893. The lowest BCUT2D eigenvalue weighted by molar-refractivity contribution is -0.132. The van der Waals surface area contributed by atoms with Crippen molar-refractivity contribution in [3.63, 3.8) is 0 Å². The molecule has 2 heterocycles. The fourth-order valence-electron chi connectivity index (χ4n) is 3.99. The number of amides is 1. The van der Waals surface area contributed by atoms with Crippen LogP contribution in [0.4, 0.5) is 0 Å². The Morgan fingerprint density at radius 1 is 1.18 bits per heavy atom. The van der Waals surface area contributed by atoms with Gasteiger partial charge >= 0.3 is 0 Å². The SMILES string of the molecule is CC(=O)N(Cc1cncnc1)[C@H]1CCCN(C[C@H](O)Cc2ccccc2)CC1. The van der Waals surface area contributed by atoms with Crippen LogP contribution in [0, 0.1) is 0 Å². The molecule has 3 rings (SSSR count). The molecule has 1 aromatic heterocycles. The quantitative estimate of drug-likeness (QED) is 0.796. The van der Waals surface area contributed by atoms with E-state index in [4.69, 9.17) is 0 Å². The highest BCUT2D eigenvalue weighted by atomic mass is 16.3. The maximum atomic E-state index is 12.3. The molecule has 0 spiro atoms. The largest absolute Gasteiger partial charge is 0.391 e.